The highest BCUT2D eigenvalue weighted by Crippen LogP contribution is 2.14. The van der Waals surface area contributed by atoms with Crippen LogP contribution in [0.1, 0.15) is 135 Å². The number of quaternary nitrogens is 1. The Labute approximate surface area is 178 Å². The fraction of sp³-hybridized carbons (Fsp3) is 0.962. The first-order valence-corrected chi connectivity index (χ1v) is 12.8. The number of unbranched alkanes of at least 4 members (excludes halogenated alkanes) is 16. The van der Waals surface area contributed by atoms with Gasteiger partial charge in [-0.25, -0.2) is 0 Å². The van der Waals surface area contributed by atoms with Gasteiger partial charge in [-0.2, -0.15) is 0 Å². The molecule has 0 unspecified atom stereocenters. The van der Waals surface area contributed by atoms with E-state index in [0.717, 1.165) is 36.7 Å². The lowest BCUT2D eigenvalue weighted by atomic mass is 10.0. The molecule has 0 saturated heterocycles. The van der Waals surface area contributed by atoms with Crippen LogP contribution >= 0.6 is 0 Å². The smallest absolute Gasteiger partial charge is 0.133 e. The molecule has 0 aromatic carbocycles. The predicted molar refractivity (Wildman–Crippen MR) is 126 cm³/mol. The first kappa shape index (κ1) is 27.6. The van der Waals surface area contributed by atoms with Gasteiger partial charge in [0.15, 0.2) is 0 Å². The van der Waals surface area contributed by atoms with Crippen molar-refractivity contribution in [1.82, 2.24) is 0 Å². The van der Waals surface area contributed by atoms with E-state index in [1.54, 1.807) is 0 Å². The van der Waals surface area contributed by atoms with Gasteiger partial charge in [0.2, 0.25) is 0 Å². The maximum absolute atomic E-state index is 11.9. The Kier molecular flexibility index (Phi) is 19.7. The van der Waals surface area contributed by atoms with Gasteiger partial charge in [0.25, 0.3) is 0 Å². The molecular weight excluding hydrogens is 342 g/mol. The Morgan fingerprint density at radius 1 is 0.500 bits per heavy atom. The first-order valence-electron chi connectivity index (χ1n) is 12.8. The molecule has 0 bridgehead atoms. The van der Waals surface area contributed by atoms with E-state index in [4.69, 9.17) is 0 Å². The normalized spacial score (nSPS) is 11.9. The predicted octanol–water partition coefficient (Wildman–Crippen LogP) is 8.08. The molecule has 0 aromatic rings. The largest absolute Gasteiger partial charge is 0.331 e. The third-order valence-electron chi connectivity index (χ3n) is 5.84. The van der Waals surface area contributed by atoms with Gasteiger partial charge >= 0.3 is 0 Å². The van der Waals surface area contributed by atoms with Gasteiger partial charge in [0.05, 0.1) is 27.7 Å². The molecule has 2 nitrogen and oxygen atoms in total. The number of Topliss-reactive ketones (excluding diaryl/α,β-unsaturated/α-hetero) is 1. The average molecular weight is 397 g/mol. The molecule has 0 rings (SSSR count). The minimum Gasteiger partial charge on any atom is -0.331 e. The summed E-state index contributed by atoms with van der Waals surface area (Å²) in [5.41, 5.74) is 0. The molecule has 28 heavy (non-hydrogen) atoms. The van der Waals surface area contributed by atoms with E-state index in [1.807, 2.05) is 0 Å². The minimum atomic E-state index is 0.481. The summed E-state index contributed by atoms with van der Waals surface area (Å²) in [4.78, 5) is 11.9. The molecule has 0 aliphatic heterocycles. The van der Waals surface area contributed by atoms with Crippen LogP contribution in [0.15, 0.2) is 0 Å². The van der Waals surface area contributed by atoms with Crippen LogP contribution in [0.25, 0.3) is 0 Å². The van der Waals surface area contributed by atoms with E-state index in [2.05, 4.69) is 28.1 Å². The Balaban J connectivity index is 3.15. The second-order valence-corrected chi connectivity index (χ2v) is 10.1. The van der Waals surface area contributed by atoms with Gasteiger partial charge in [-0.15, -0.1) is 0 Å². The van der Waals surface area contributed by atoms with Gasteiger partial charge in [0.1, 0.15) is 5.78 Å². The van der Waals surface area contributed by atoms with Crippen molar-refractivity contribution in [1.29, 1.82) is 0 Å². The van der Waals surface area contributed by atoms with E-state index >= 15 is 0 Å². The quantitative estimate of drug-likeness (QED) is 0.133. The number of carbonyl (C=O) groups excluding carboxylic acids is 1. The Hall–Kier alpha value is -0.370. The van der Waals surface area contributed by atoms with E-state index in [0.29, 0.717) is 5.78 Å². The maximum atomic E-state index is 11.9. The Morgan fingerprint density at radius 3 is 1.18 bits per heavy atom. The molecule has 0 aliphatic rings. The summed E-state index contributed by atoms with van der Waals surface area (Å²) in [6, 6.07) is 0. The van der Waals surface area contributed by atoms with Crippen molar-refractivity contribution in [3.05, 3.63) is 0 Å². The summed E-state index contributed by atoms with van der Waals surface area (Å²) in [6.45, 7) is 3.39. The molecule has 0 amide bonds. The minimum absolute atomic E-state index is 0.481. The molecule has 0 fully saturated rings. The standard InChI is InChI=1S/C26H54NO/c1-5-6-7-8-9-10-11-12-13-14-15-16-17-18-19-20-21-23-26(28)24-22-25-27(2,3)4/h5-25H2,1-4H3/q+1. The van der Waals surface area contributed by atoms with Crippen LogP contribution in [0.5, 0.6) is 0 Å². The molecule has 168 valence electrons. The number of nitrogens with zero attached hydrogens (tertiary/aromatic N) is 1. The summed E-state index contributed by atoms with van der Waals surface area (Å²) in [5, 5.41) is 0. The number of hydrogen-bond acceptors (Lipinski definition) is 1. The summed E-state index contributed by atoms with van der Waals surface area (Å²) in [5.74, 6) is 0.481. The zero-order valence-electron chi connectivity index (χ0n) is 20.2. The fourth-order valence-electron chi connectivity index (χ4n) is 3.92. The average Bonchev–Trinajstić information content (AvgIpc) is 2.63. The molecule has 0 radical (unpaired) electrons. The van der Waals surface area contributed by atoms with Gasteiger partial charge in [0, 0.05) is 19.3 Å². The lowest BCUT2D eigenvalue weighted by Crippen LogP contribution is -2.35. The lowest BCUT2D eigenvalue weighted by Gasteiger charge is -2.23. The SMILES string of the molecule is CCCCCCCCCCCCCCCCCCCC(=O)CCC[N+](C)(C)C. The molecule has 0 spiro atoms. The topological polar surface area (TPSA) is 17.1 Å². The Bertz CT molecular complexity index is 332. The molecule has 0 heterocycles. The molecule has 0 saturated carbocycles. The number of rotatable bonds is 22. The Morgan fingerprint density at radius 2 is 0.821 bits per heavy atom. The zero-order valence-corrected chi connectivity index (χ0v) is 20.2. The van der Waals surface area contributed by atoms with E-state index in [9.17, 15) is 4.79 Å². The highest BCUT2D eigenvalue weighted by molar-refractivity contribution is 5.78. The fourth-order valence-corrected chi connectivity index (χ4v) is 3.92. The van der Waals surface area contributed by atoms with Gasteiger partial charge in [-0.1, -0.05) is 110 Å². The molecule has 0 aliphatic carbocycles. The summed E-state index contributed by atoms with van der Waals surface area (Å²) in [6.07, 6.45) is 26.4. The van der Waals surface area contributed by atoms with Crippen LogP contribution in [-0.2, 0) is 4.79 Å². The molecule has 2 heteroatoms. The van der Waals surface area contributed by atoms with Crippen molar-refractivity contribution in [3.8, 4) is 0 Å². The van der Waals surface area contributed by atoms with E-state index < -0.39 is 0 Å². The number of carbonyl (C=O) groups is 1. The second kappa shape index (κ2) is 19.9. The van der Waals surface area contributed by atoms with Crippen molar-refractivity contribution in [3.63, 3.8) is 0 Å². The first-order chi connectivity index (χ1) is 13.5. The van der Waals surface area contributed by atoms with Crippen LogP contribution in [-0.4, -0.2) is 38.0 Å². The summed E-state index contributed by atoms with van der Waals surface area (Å²) in [7, 11) is 6.59. The van der Waals surface area contributed by atoms with Crippen LogP contribution in [0, 0.1) is 0 Å². The molecular formula is C26H54NO+. The van der Waals surface area contributed by atoms with Gasteiger partial charge < -0.3 is 4.48 Å². The van der Waals surface area contributed by atoms with Crippen LogP contribution < -0.4 is 0 Å². The maximum Gasteiger partial charge on any atom is 0.133 e. The van der Waals surface area contributed by atoms with Crippen molar-refractivity contribution < 1.29 is 9.28 Å². The lowest BCUT2D eigenvalue weighted by molar-refractivity contribution is -0.870. The van der Waals surface area contributed by atoms with Crippen molar-refractivity contribution >= 4 is 5.78 Å². The summed E-state index contributed by atoms with van der Waals surface area (Å²) >= 11 is 0. The molecule has 0 N–H and O–H groups in total. The van der Waals surface area contributed by atoms with Crippen LogP contribution in [0.4, 0.5) is 0 Å². The second-order valence-electron chi connectivity index (χ2n) is 10.1. The van der Waals surface area contributed by atoms with Crippen LogP contribution in [0.3, 0.4) is 0 Å². The third-order valence-corrected chi connectivity index (χ3v) is 5.84. The van der Waals surface area contributed by atoms with Gasteiger partial charge in [-0.3, -0.25) is 4.79 Å². The zero-order chi connectivity index (χ0) is 20.9. The third kappa shape index (κ3) is 23.7. The van der Waals surface area contributed by atoms with Gasteiger partial charge in [-0.05, 0) is 6.42 Å². The van der Waals surface area contributed by atoms with Crippen molar-refractivity contribution in [2.75, 3.05) is 27.7 Å². The van der Waals surface area contributed by atoms with E-state index in [1.165, 1.54) is 103 Å². The highest BCUT2D eigenvalue weighted by atomic mass is 16.1. The van der Waals surface area contributed by atoms with Crippen molar-refractivity contribution in [2.45, 2.75) is 135 Å². The van der Waals surface area contributed by atoms with Crippen LogP contribution in [0.2, 0.25) is 0 Å². The van der Waals surface area contributed by atoms with Crippen molar-refractivity contribution in [2.24, 2.45) is 0 Å². The van der Waals surface area contributed by atoms with E-state index in [-0.39, 0.29) is 0 Å². The molecule has 0 aromatic heterocycles. The molecule has 0 atom stereocenters. The number of hydrogen-bond donors (Lipinski definition) is 0. The summed E-state index contributed by atoms with van der Waals surface area (Å²) < 4.78 is 0.965. The number of ketones is 1. The highest BCUT2D eigenvalue weighted by Gasteiger charge is 2.08. The monoisotopic (exact) mass is 396 g/mol.